The Labute approximate surface area is 126 Å². The van der Waals surface area contributed by atoms with E-state index in [1.165, 1.54) is 8.61 Å². The van der Waals surface area contributed by atoms with Crippen LogP contribution in [0.15, 0.2) is 24.3 Å². The number of nitrogens with zero attached hydrogens (tertiary/aromatic N) is 2. The van der Waals surface area contributed by atoms with E-state index in [1.807, 2.05) is 0 Å². The molecule has 0 aliphatic carbocycles. The molecule has 1 aromatic rings. The van der Waals surface area contributed by atoms with Crippen LogP contribution < -0.4 is 14.8 Å². The van der Waals surface area contributed by atoms with E-state index in [4.69, 9.17) is 10.5 Å². The van der Waals surface area contributed by atoms with E-state index in [0.29, 0.717) is 24.5 Å². The zero-order chi connectivity index (χ0) is 15.5. The zero-order valence-electron chi connectivity index (χ0n) is 12.5. The lowest BCUT2D eigenvalue weighted by Crippen LogP contribution is -2.52. The van der Waals surface area contributed by atoms with Crippen molar-refractivity contribution in [2.24, 2.45) is 5.73 Å². The summed E-state index contributed by atoms with van der Waals surface area (Å²) in [5.41, 5.74) is 6.33. The molecule has 1 aromatic carbocycles. The summed E-state index contributed by atoms with van der Waals surface area (Å²) in [6.45, 7) is 0.889. The number of benzene rings is 1. The number of anilines is 1. The van der Waals surface area contributed by atoms with Gasteiger partial charge in [-0.15, -0.1) is 0 Å². The third-order valence-electron chi connectivity index (χ3n) is 3.92. The van der Waals surface area contributed by atoms with Crippen LogP contribution in [-0.4, -0.2) is 46.0 Å². The van der Waals surface area contributed by atoms with Crippen molar-refractivity contribution in [1.82, 2.24) is 4.31 Å². The first kappa shape index (κ1) is 16.1. The first-order chi connectivity index (χ1) is 10.0. The highest BCUT2D eigenvalue weighted by atomic mass is 32.2. The van der Waals surface area contributed by atoms with Gasteiger partial charge in [-0.05, 0) is 37.1 Å². The Kier molecular flexibility index (Phi) is 5.08. The zero-order valence-corrected chi connectivity index (χ0v) is 13.3. The third kappa shape index (κ3) is 3.30. The van der Waals surface area contributed by atoms with Gasteiger partial charge < -0.3 is 10.5 Å². The van der Waals surface area contributed by atoms with Crippen LogP contribution in [0.5, 0.6) is 5.75 Å². The molecule has 1 fully saturated rings. The molecule has 1 saturated heterocycles. The van der Waals surface area contributed by atoms with E-state index in [1.54, 1.807) is 38.4 Å². The molecule has 0 spiro atoms. The quantitative estimate of drug-likeness (QED) is 0.886. The summed E-state index contributed by atoms with van der Waals surface area (Å²) >= 11 is 0. The monoisotopic (exact) mass is 313 g/mol. The van der Waals surface area contributed by atoms with Crippen LogP contribution >= 0.6 is 0 Å². The number of ether oxygens (including phenoxy) is 1. The molecule has 2 rings (SSSR count). The van der Waals surface area contributed by atoms with Gasteiger partial charge in [-0.3, -0.25) is 4.31 Å². The maximum atomic E-state index is 12.8. The standard InChI is InChI=1S/C14H23N3O3S/c1-16(12-6-8-14(20-2)9-7-12)21(18,19)17-10-4-3-5-13(17)11-15/h6-9,13H,3-5,10-11,15H2,1-2H3. The Morgan fingerprint density at radius 1 is 1.33 bits per heavy atom. The van der Waals surface area contributed by atoms with Crippen molar-refractivity contribution in [3.8, 4) is 5.75 Å². The number of hydrogen-bond acceptors (Lipinski definition) is 4. The Hall–Kier alpha value is -1.31. The van der Waals surface area contributed by atoms with Gasteiger partial charge in [-0.2, -0.15) is 12.7 Å². The van der Waals surface area contributed by atoms with E-state index in [9.17, 15) is 8.42 Å². The van der Waals surface area contributed by atoms with Gasteiger partial charge in [-0.25, -0.2) is 0 Å². The number of hydrogen-bond donors (Lipinski definition) is 1. The molecule has 1 aliphatic rings. The lowest BCUT2D eigenvalue weighted by Gasteiger charge is -2.36. The maximum absolute atomic E-state index is 12.8. The number of piperidine rings is 1. The van der Waals surface area contributed by atoms with Gasteiger partial charge in [0.15, 0.2) is 0 Å². The second kappa shape index (κ2) is 6.64. The molecule has 1 unspecified atom stereocenters. The maximum Gasteiger partial charge on any atom is 0.304 e. The smallest absolute Gasteiger partial charge is 0.304 e. The lowest BCUT2D eigenvalue weighted by molar-refractivity contribution is 0.257. The van der Waals surface area contributed by atoms with Gasteiger partial charge in [-0.1, -0.05) is 6.42 Å². The van der Waals surface area contributed by atoms with Crippen LogP contribution in [-0.2, 0) is 10.2 Å². The van der Waals surface area contributed by atoms with E-state index in [2.05, 4.69) is 0 Å². The predicted octanol–water partition coefficient (Wildman–Crippen LogP) is 1.19. The van der Waals surface area contributed by atoms with Crippen LogP contribution in [0.2, 0.25) is 0 Å². The summed E-state index contributed by atoms with van der Waals surface area (Å²) in [6.07, 6.45) is 2.73. The van der Waals surface area contributed by atoms with Crippen molar-refractivity contribution in [1.29, 1.82) is 0 Å². The summed E-state index contributed by atoms with van der Waals surface area (Å²) < 4.78 is 33.5. The molecule has 1 heterocycles. The molecule has 0 aromatic heterocycles. The predicted molar refractivity (Wildman–Crippen MR) is 83.7 cm³/mol. The Morgan fingerprint density at radius 3 is 2.57 bits per heavy atom. The fourth-order valence-electron chi connectivity index (χ4n) is 2.60. The van der Waals surface area contributed by atoms with Gasteiger partial charge in [0.2, 0.25) is 0 Å². The van der Waals surface area contributed by atoms with Crippen molar-refractivity contribution in [3.05, 3.63) is 24.3 Å². The molecule has 0 radical (unpaired) electrons. The summed E-state index contributed by atoms with van der Waals surface area (Å²) in [5, 5.41) is 0. The van der Waals surface area contributed by atoms with Crippen molar-refractivity contribution in [2.75, 3.05) is 31.6 Å². The summed E-state index contributed by atoms with van der Waals surface area (Å²) in [7, 11) is -0.403. The van der Waals surface area contributed by atoms with Gasteiger partial charge >= 0.3 is 10.2 Å². The number of rotatable bonds is 5. The SMILES string of the molecule is COc1ccc(N(C)S(=O)(=O)N2CCCCC2CN)cc1. The Morgan fingerprint density at radius 2 is 2.00 bits per heavy atom. The minimum absolute atomic E-state index is 0.107. The summed E-state index contributed by atoms with van der Waals surface area (Å²) in [6, 6.07) is 6.86. The molecule has 118 valence electrons. The van der Waals surface area contributed by atoms with E-state index < -0.39 is 10.2 Å². The molecule has 6 nitrogen and oxygen atoms in total. The van der Waals surface area contributed by atoms with Crippen LogP contribution in [0.4, 0.5) is 5.69 Å². The molecule has 0 saturated carbocycles. The molecule has 1 atom stereocenters. The van der Waals surface area contributed by atoms with E-state index >= 15 is 0 Å². The van der Waals surface area contributed by atoms with Crippen LogP contribution in [0.3, 0.4) is 0 Å². The second-order valence-electron chi connectivity index (χ2n) is 5.17. The fraction of sp³-hybridized carbons (Fsp3) is 0.571. The normalized spacial score (nSPS) is 20.2. The molecular weight excluding hydrogens is 290 g/mol. The lowest BCUT2D eigenvalue weighted by atomic mass is 10.1. The average molecular weight is 313 g/mol. The number of methoxy groups -OCH3 is 1. The van der Waals surface area contributed by atoms with Crippen molar-refractivity contribution in [3.63, 3.8) is 0 Å². The molecule has 0 amide bonds. The number of nitrogens with two attached hydrogens (primary N) is 1. The van der Waals surface area contributed by atoms with E-state index in [0.717, 1.165) is 19.3 Å². The first-order valence-corrected chi connectivity index (χ1v) is 8.50. The molecule has 0 bridgehead atoms. The van der Waals surface area contributed by atoms with Gasteiger partial charge in [0.05, 0.1) is 12.8 Å². The third-order valence-corrected chi connectivity index (χ3v) is 5.90. The van der Waals surface area contributed by atoms with Crippen LogP contribution in [0, 0.1) is 0 Å². The van der Waals surface area contributed by atoms with Crippen molar-refractivity contribution < 1.29 is 13.2 Å². The highest BCUT2D eigenvalue weighted by molar-refractivity contribution is 7.90. The molecule has 2 N–H and O–H groups in total. The van der Waals surface area contributed by atoms with Crippen LogP contribution in [0.25, 0.3) is 0 Å². The first-order valence-electron chi connectivity index (χ1n) is 7.10. The minimum atomic E-state index is -3.55. The molecular formula is C14H23N3O3S. The molecule has 1 aliphatic heterocycles. The summed E-state index contributed by atoms with van der Waals surface area (Å²) in [5.74, 6) is 0.697. The van der Waals surface area contributed by atoms with Crippen molar-refractivity contribution in [2.45, 2.75) is 25.3 Å². The molecule has 21 heavy (non-hydrogen) atoms. The Balaban J connectivity index is 2.24. The minimum Gasteiger partial charge on any atom is -0.497 e. The van der Waals surface area contributed by atoms with Crippen LogP contribution in [0.1, 0.15) is 19.3 Å². The van der Waals surface area contributed by atoms with Crippen molar-refractivity contribution >= 4 is 15.9 Å². The summed E-state index contributed by atoms with van der Waals surface area (Å²) in [4.78, 5) is 0. The van der Waals surface area contributed by atoms with Gasteiger partial charge in [0.25, 0.3) is 0 Å². The fourth-order valence-corrected chi connectivity index (χ4v) is 4.23. The average Bonchev–Trinajstić information content (AvgIpc) is 2.54. The van der Waals surface area contributed by atoms with Gasteiger partial charge in [0.1, 0.15) is 5.75 Å². The molecule has 7 heteroatoms. The highest BCUT2D eigenvalue weighted by Crippen LogP contribution is 2.26. The topological polar surface area (TPSA) is 75.9 Å². The van der Waals surface area contributed by atoms with E-state index in [-0.39, 0.29) is 6.04 Å². The van der Waals surface area contributed by atoms with Gasteiger partial charge in [0, 0.05) is 26.2 Å². The highest BCUT2D eigenvalue weighted by Gasteiger charge is 2.34. The Bertz CT molecular complexity index is 559. The largest absolute Gasteiger partial charge is 0.497 e. The second-order valence-corrected chi connectivity index (χ2v) is 7.08.